The largest absolute Gasteiger partial charge is 0.490 e. The Bertz CT molecular complexity index is 906. The van der Waals surface area contributed by atoms with E-state index in [1.807, 2.05) is 12.4 Å². The van der Waals surface area contributed by atoms with Gasteiger partial charge in [0.1, 0.15) is 0 Å². The van der Waals surface area contributed by atoms with Crippen LogP contribution in [-0.2, 0) is 25.7 Å². The molecule has 0 spiro atoms. The predicted molar refractivity (Wildman–Crippen MR) is 114 cm³/mol. The van der Waals surface area contributed by atoms with E-state index in [1.54, 1.807) is 0 Å². The van der Waals surface area contributed by atoms with Crippen LogP contribution in [0.3, 0.4) is 0 Å². The van der Waals surface area contributed by atoms with E-state index in [4.69, 9.17) is 24.5 Å². The first-order valence-electron chi connectivity index (χ1n) is 11.2. The second kappa shape index (κ2) is 12.5. The van der Waals surface area contributed by atoms with Gasteiger partial charge in [-0.3, -0.25) is 14.7 Å². The minimum absolute atomic E-state index is 0.270. The summed E-state index contributed by atoms with van der Waals surface area (Å²) < 4.78 is 69.5. The summed E-state index contributed by atoms with van der Waals surface area (Å²) in [7, 11) is 0. The number of halogens is 6. The number of morpholine rings is 1. The van der Waals surface area contributed by atoms with Crippen LogP contribution in [0.25, 0.3) is 0 Å². The van der Waals surface area contributed by atoms with Crippen LogP contribution in [0.5, 0.6) is 0 Å². The Labute approximate surface area is 208 Å². The Morgan fingerprint density at radius 3 is 2.00 bits per heavy atom. The number of alkyl halides is 6. The van der Waals surface area contributed by atoms with Gasteiger partial charge in [-0.1, -0.05) is 6.92 Å². The first kappa shape index (κ1) is 30.3. The number of amides is 1. The van der Waals surface area contributed by atoms with E-state index in [-0.39, 0.29) is 12.0 Å². The molecule has 3 aliphatic rings. The van der Waals surface area contributed by atoms with Crippen LogP contribution in [0.15, 0.2) is 24.5 Å². The zero-order chi connectivity index (χ0) is 28.0. The quantitative estimate of drug-likeness (QED) is 0.559. The van der Waals surface area contributed by atoms with E-state index in [9.17, 15) is 31.1 Å². The van der Waals surface area contributed by atoms with Gasteiger partial charge in [-0.15, -0.1) is 0 Å². The highest BCUT2D eigenvalue weighted by molar-refractivity contribution is 5.81. The molecule has 4 rings (SSSR count). The Morgan fingerprint density at radius 1 is 1.03 bits per heavy atom. The zero-order valence-corrected chi connectivity index (χ0v) is 19.7. The lowest BCUT2D eigenvalue weighted by molar-refractivity contribution is -0.193. The fourth-order valence-corrected chi connectivity index (χ4v) is 3.96. The first-order chi connectivity index (χ1) is 17.1. The Kier molecular flexibility index (Phi) is 10.3. The van der Waals surface area contributed by atoms with Gasteiger partial charge in [-0.25, -0.2) is 9.59 Å². The second-order valence-corrected chi connectivity index (χ2v) is 8.80. The molecular weight excluding hydrogens is 516 g/mol. The van der Waals surface area contributed by atoms with Gasteiger partial charge in [0, 0.05) is 44.5 Å². The average molecular weight is 543 g/mol. The highest BCUT2D eigenvalue weighted by Gasteiger charge is 2.45. The van der Waals surface area contributed by atoms with E-state index in [0.717, 1.165) is 45.6 Å². The molecule has 1 aromatic heterocycles. The second-order valence-electron chi connectivity index (χ2n) is 8.80. The molecule has 1 aliphatic carbocycles. The molecule has 1 saturated carbocycles. The number of ether oxygens (including phenoxy) is 1. The fraction of sp³-hybridized carbons (Fsp3) is 0.636. The maximum atomic E-state index is 12.6. The van der Waals surface area contributed by atoms with Crippen molar-refractivity contribution in [2.24, 2.45) is 11.8 Å². The third kappa shape index (κ3) is 9.46. The third-order valence-electron chi connectivity index (χ3n) is 6.06. The number of fused-ring (bicyclic) bond motifs is 1. The van der Waals surface area contributed by atoms with Crippen molar-refractivity contribution in [3.05, 3.63) is 30.1 Å². The van der Waals surface area contributed by atoms with Crippen molar-refractivity contribution in [1.82, 2.24) is 14.8 Å². The van der Waals surface area contributed by atoms with Crippen LogP contribution in [0, 0.1) is 11.8 Å². The zero-order valence-electron chi connectivity index (χ0n) is 19.7. The maximum Gasteiger partial charge on any atom is 0.490 e. The molecule has 0 radical (unpaired) electrons. The SMILES string of the molecule is CC1CC1C(=O)N1CC[C@@H]2OCCN(Cc3ccncc3)[C@H]2C1.O=C(O)C(F)(F)F.O=C(O)C(F)(F)F. The molecule has 9 nitrogen and oxygen atoms in total. The van der Waals surface area contributed by atoms with Crippen molar-refractivity contribution in [3.63, 3.8) is 0 Å². The van der Waals surface area contributed by atoms with Crippen LogP contribution in [0.4, 0.5) is 26.3 Å². The van der Waals surface area contributed by atoms with Crippen molar-refractivity contribution < 1.29 is 55.7 Å². The van der Waals surface area contributed by atoms with Crippen LogP contribution >= 0.6 is 0 Å². The average Bonchev–Trinajstić information content (AvgIpc) is 3.55. The number of aromatic nitrogens is 1. The van der Waals surface area contributed by atoms with Gasteiger partial charge in [-0.05, 0) is 36.5 Å². The monoisotopic (exact) mass is 543 g/mol. The normalized spacial score (nSPS) is 25.4. The van der Waals surface area contributed by atoms with Crippen LogP contribution < -0.4 is 0 Å². The van der Waals surface area contributed by atoms with Gasteiger partial charge in [0.05, 0.1) is 18.8 Å². The third-order valence-corrected chi connectivity index (χ3v) is 6.06. The lowest BCUT2D eigenvalue weighted by Gasteiger charge is -2.47. The van der Waals surface area contributed by atoms with E-state index in [2.05, 4.69) is 33.8 Å². The number of carboxylic acid groups (broad SMARTS) is 2. The van der Waals surface area contributed by atoms with E-state index in [0.29, 0.717) is 17.9 Å². The van der Waals surface area contributed by atoms with Gasteiger partial charge >= 0.3 is 24.3 Å². The van der Waals surface area contributed by atoms with E-state index in [1.165, 1.54) is 5.56 Å². The molecule has 37 heavy (non-hydrogen) atoms. The molecule has 1 aromatic rings. The number of piperidine rings is 1. The number of carbonyl (C=O) groups excluding carboxylic acids is 1. The molecule has 0 bridgehead atoms. The van der Waals surface area contributed by atoms with Gasteiger partial charge in [0.15, 0.2) is 0 Å². The molecule has 2 N–H and O–H groups in total. The Morgan fingerprint density at radius 2 is 1.54 bits per heavy atom. The lowest BCUT2D eigenvalue weighted by atomic mass is 9.97. The van der Waals surface area contributed by atoms with E-state index >= 15 is 0 Å². The molecule has 2 unspecified atom stereocenters. The smallest absolute Gasteiger partial charge is 0.475 e. The summed E-state index contributed by atoms with van der Waals surface area (Å²) in [6.45, 7) is 6.49. The van der Waals surface area contributed by atoms with Gasteiger partial charge in [-0.2, -0.15) is 26.3 Å². The van der Waals surface area contributed by atoms with Crippen molar-refractivity contribution >= 4 is 17.8 Å². The number of carboxylic acids is 2. The molecule has 15 heteroatoms. The number of carbonyl (C=O) groups is 3. The van der Waals surface area contributed by atoms with Crippen LogP contribution in [0.1, 0.15) is 25.3 Å². The molecule has 2 aliphatic heterocycles. The van der Waals surface area contributed by atoms with Gasteiger partial charge < -0.3 is 19.8 Å². The summed E-state index contributed by atoms with van der Waals surface area (Å²) in [6, 6.07) is 4.47. The van der Waals surface area contributed by atoms with Crippen LogP contribution in [-0.4, -0.2) is 93.6 Å². The predicted octanol–water partition coefficient (Wildman–Crippen LogP) is 2.81. The summed E-state index contributed by atoms with van der Waals surface area (Å²) in [4.78, 5) is 39.0. The molecule has 3 fully saturated rings. The summed E-state index contributed by atoms with van der Waals surface area (Å²) in [5.41, 5.74) is 1.28. The van der Waals surface area contributed by atoms with Crippen molar-refractivity contribution in [3.8, 4) is 0 Å². The highest BCUT2D eigenvalue weighted by Crippen LogP contribution is 2.40. The summed E-state index contributed by atoms with van der Waals surface area (Å²) in [6.07, 6.45) is -4.17. The molecule has 208 valence electrons. The number of hydrogen-bond acceptors (Lipinski definition) is 6. The topological polar surface area (TPSA) is 120 Å². The molecule has 2 saturated heterocycles. The summed E-state index contributed by atoms with van der Waals surface area (Å²) >= 11 is 0. The fourth-order valence-electron chi connectivity index (χ4n) is 3.96. The number of likely N-dealkylation sites (tertiary alicyclic amines) is 1. The van der Waals surface area contributed by atoms with Crippen LogP contribution in [0.2, 0.25) is 0 Å². The molecule has 4 atom stereocenters. The van der Waals surface area contributed by atoms with Crippen molar-refractivity contribution in [1.29, 1.82) is 0 Å². The lowest BCUT2D eigenvalue weighted by Crippen LogP contribution is -2.60. The Hall–Kier alpha value is -2.94. The molecule has 3 heterocycles. The number of hydrogen-bond donors (Lipinski definition) is 2. The van der Waals surface area contributed by atoms with E-state index < -0.39 is 24.3 Å². The minimum Gasteiger partial charge on any atom is -0.475 e. The first-order valence-corrected chi connectivity index (χ1v) is 11.2. The molecule has 1 amide bonds. The molecular formula is C22H27F6N3O6. The number of aliphatic carboxylic acids is 2. The maximum absolute atomic E-state index is 12.6. The minimum atomic E-state index is -5.08. The van der Waals surface area contributed by atoms with Gasteiger partial charge in [0.25, 0.3) is 0 Å². The standard InChI is InChI=1S/C18H25N3O2.2C2HF3O2/c1-13-10-15(13)18(22)21-7-4-17-16(12-21)20(8-9-23-17)11-14-2-5-19-6-3-14;2*3-2(4,5)1(6)7/h2-3,5-6,13,15-17H,4,7-12H2,1H3;2*(H,6,7)/t13?,15?,16-,17-;;/m0../s1. The molecule has 0 aromatic carbocycles. The summed E-state index contributed by atoms with van der Waals surface area (Å²) in [5.74, 6) is -4.29. The van der Waals surface area contributed by atoms with Crippen molar-refractivity contribution in [2.45, 2.75) is 50.8 Å². The van der Waals surface area contributed by atoms with Gasteiger partial charge in [0.2, 0.25) is 5.91 Å². The Balaban J connectivity index is 0.000000286. The van der Waals surface area contributed by atoms with Crippen molar-refractivity contribution in [2.75, 3.05) is 26.2 Å². The number of rotatable bonds is 3. The number of nitrogens with zero attached hydrogens (tertiary/aromatic N) is 3. The number of pyridine rings is 1. The highest BCUT2D eigenvalue weighted by atomic mass is 19.4. The summed E-state index contributed by atoms with van der Waals surface area (Å²) in [5, 5.41) is 14.2.